The van der Waals surface area contributed by atoms with Gasteiger partial charge in [-0.05, 0) is 50.1 Å². The molecule has 1 amide bonds. The summed E-state index contributed by atoms with van der Waals surface area (Å²) in [5, 5.41) is 7.07. The predicted octanol–water partition coefficient (Wildman–Crippen LogP) is 2.25. The Labute approximate surface area is 155 Å². The minimum Gasteiger partial charge on any atom is -0.326 e. The van der Waals surface area contributed by atoms with Gasteiger partial charge in [0.05, 0.1) is 10.6 Å². The van der Waals surface area contributed by atoms with Gasteiger partial charge in [0, 0.05) is 38.4 Å². The third-order valence-corrected chi connectivity index (χ3v) is 6.37. The van der Waals surface area contributed by atoms with Gasteiger partial charge < -0.3 is 5.32 Å². The van der Waals surface area contributed by atoms with Gasteiger partial charge in [-0.1, -0.05) is 6.92 Å². The highest BCUT2D eigenvalue weighted by atomic mass is 32.2. The number of anilines is 1. The van der Waals surface area contributed by atoms with Gasteiger partial charge in [0.25, 0.3) is 0 Å². The molecule has 0 aliphatic carbocycles. The van der Waals surface area contributed by atoms with E-state index in [0.717, 1.165) is 17.0 Å². The average molecular weight is 378 g/mol. The summed E-state index contributed by atoms with van der Waals surface area (Å²) in [6.45, 7) is 6.03. The highest BCUT2D eigenvalue weighted by Gasteiger charge is 2.21. The van der Waals surface area contributed by atoms with Crippen molar-refractivity contribution in [2.45, 2.75) is 38.5 Å². The predicted molar refractivity (Wildman–Crippen MR) is 102 cm³/mol. The fraction of sp³-hybridized carbons (Fsp3) is 0.444. The molecule has 0 fully saturated rings. The highest BCUT2D eigenvalue weighted by molar-refractivity contribution is 7.89. The lowest BCUT2D eigenvalue weighted by molar-refractivity contribution is -0.115. The number of amides is 1. The lowest BCUT2D eigenvalue weighted by Gasteiger charge is -2.17. The molecule has 2 rings (SSSR count). The van der Waals surface area contributed by atoms with Gasteiger partial charge in [-0.2, -0.15) is 5.10 Å². The van der Waals surface area contributed by atoms with E-state index in [2.05, 4.69) is 10.4 Å². The largest absolute Gasteiger partial charge is 0.326 e. The van der Waals surface area contributed by atoms with Gasteiger partial charge in [-0.25, -0.2) is 12.7 Å². The first-order valence-electron chi connectivity index (χ1n) is 8.52. The van der Waals surface area contributed by atoms with Crippen LogP contribution in [0.3, 0.4) is 0 Å². The minimum atomic E-state index is -3.59. The van der Waals surface area contributed by atoms with Crippen LogP contribution in [0, 0.1) is 13.8 Å². The molecule has 142 valence electrons. The number of likely N-dealkylation sites (N-methyl/N-ethyl adjacent to an activating group) is 1. The number of benzene rings is 1. The molecule has 7 nitrogen and oxygen atoms in total. The van der Waals surface area contributed by atoms with Crippen molar-refractivity contribution in [3.63, 3.8) is 0 Å². The molecule has 0 aliphatic rings. The van der Waals surface area contributed by atoms with Crippen molar-refractivity contribution in [3.8, 4) is 0 Å². The fourth-order valence-electron chi connectivity index (χ4n) is 2.71. The highest BCUT2D eigenvalue weighted by Crippen LogP contribution is 2.19. The number of sulfonamides is 1. The SMILES string of the molecule is CCC(=O)Nc1ccc(S(=O)(=O)N(C)CCc2c(C)nn(C)c2C)cc1. The zero-order chi connectivity index (χ0) is 19.5. The molecule has 0 atom stereocenters. The Morgan fingerprint density at radius 3 is 2.35 bits per heavy atom. The summed E-state index contributed by atoms with van der Waals surface area (Å²) in [6, 6.07) is 6.22. The zero-order valence-electron chi connectivity index (χ0n) is 15.9. The maximum Gasteiger partial charge on any atom is 0.242 e. The molecule has 8 heteroatoms. The van der Waals surface area contributed by atoms with Crippen LogP contribution in [0.25, 0.3) is 0 Å². The number of nitrogens with one attached hydrogen (secondary N) is 1. The van der Waals surface area contributed by atoms with E-state index in [1.165, 1.54) is 16.4 Å². The molecule has 0 spiro atoms. The van der Waals surface area contributed by atoms with E-state index in [-0.39, 0.29) is 10.8 Å². The Balaban J connectivity index is 2.09. The third kappa shape index (κ3) is 4.31. The fourth-order valence-corrected chi connectivity index (χ4v) is 3.88. The molecule has 0 aliphatic heterocycles. The number of aromatic nitrogens is 2. The molecule has 1 aromatic heterocycles. The van der Waals surface area contributed by atoms with Crippen LogP contribution >= 0.6 is 0 Å². The lowest BCUT2D eigenvalue weighted by atomic mass is 10.1. The van der Waals surface area contributed by atoms with Crippen molar-refractivity contribution in [1.82, 2.24) is 14.1 Å². The second-order valence-corrected chi connectivity index (χ2v) is 8.32. The maximum absolute atomic E-state index is 12.7. The standard InChI is InChI=1S/C18H26N4O3S/c1-6-18(23)19-15-7-9-16(10-8-15)26(24,25)21(4)12-11-17-13(2)20-22(5)14(17)3/h7-10H,6,11-12H2,1-5H3,(H,19,23). The summed E-state index contributed by atoms with van der Waals surface area (Å²) >= 11 is 0. The quantitative estimate of drug-likeness (QED) is 0.801. The summed E-state index contributed by atoms with van der Waals surface area (Å²) in [5.74, 6) is -0.111. The molecule has 1 heterocycles. The van der Waals surface area contributed by atoms with E-state index in [1.54, 1.807) is 26.1 Å². The number of hydrogen-bond donors (Lipinski definition) is 1. The molecular formula is C18H26N4O3S. The van der Waals surface area contributed by atoms with Gasteiger partial charge in [0.1, 0.15) is 0 Å². The molecule has 0 saturated heterocycles. The summed E-state index contributed by atoms with van der Waals surface area (Å²) in [7, 11) is -0.133. The van der Waals surface area contributed by atoms with Crippen LogP contribution in [0.5, 0.6) is 0 Å². The maximum atomic E-state index is 12.7. The molecule has 1 N–H and O–H groups in total. The van der Waals surface area contributed by atoms with Crippen LogP contribution < -0.4 is 5.32 Å². The van der Waals surface area contributed by atoms with E-state index in [9.17, 15) is 13.2 Å². The molecule has 2 aromatic rings. The Bertz CT molecular complexity index is 886. The van der Waals surface area contributed by atoms with E-state index in [1.807, 2.05) is 25.6 Å². The molecule has 0 unspecified atom stereocenters. The van der Waals surface area contributed by atoms with Gasteiger partial charge in [0.15, 0.2) is 0 Å². The molecule has 0 radical (unpaired) electrons. The van der Waals surface area contributed by atoms with Crippen molar-refractivity contribution >= 4 is 21.6 Å². The summed E-state index contributed by atoms with van der Waals surface area (Å²) in [5.41, 5.74) is 3.63. The second kappa shape index (κ2) is 8.01. The molecular weight excluding hydrogens is 352 g/mol. The molecule has 1 aromatic carbocycles. The van der Waals surface area contributed by atoms with Crippen LogP contribution in [-0.4, -0.2) is 42.0 Å². The van der Waals surface area contributed by atoms with E-state index < -0.39 is 10.0 Å². The first kappa shape index (κ1) is 20.1. The smallest absolute Gasteiger partial charge is 0.242 e. The average Bonchev–Trinajstić information content (AvgIpc) is 2.85. The van der Waals surface area contributed by atoms with Gasteiger partial charge >= 0.3 is 0 Å². The number of hydrogen-bond acceptors (Lipinski definition) is 4. The van der Waals surface area contributed by atoms with Crippen LogP contribution in [0.2, 0.25) is 0 Å². The Morgan fingerprint density at radius 2 is 1.85 bits per heavy atom. The first-order valence-corrected chi connectivity index (χ1v) is 9.96. The molecule has 26 heavy (non-hydrogen) atoms. The van der Waals surface area contributed by atoms with Crippen LogP contribution in [0.15, 0.2) is 29.2 Å². The zero-order valence-corrected chi connectivity index (χ0v) is 16.7. The van der Waals surface area contributed by atoms with Crippen molar-refractivity contribution in [1.29, 1.82) is 0 Å². The van der Waals surface area contributed by atoms with Gasteiger partial charge in [-0.3, -0.25) is 9.48 Å². The Hall–Kier alpha value is -2.19. The third-order valence-electron chi connectivity index (χ3n) is 4.50. The van der Waals surface area contributed by atoms with Crippen molar-refractivity contribution < 1.29 is 13.2 Å². The monoisotopic (exact) mass is 378 g/mol. The molecule has 0 saturated carbocycles. The van der Waals surface area contributed by atoms with Crippen LogP contribution in [-0.2, 0) is 28.3 Å². The van der Waals surface area contributed by atoms with Crippen molar-refractivity contribution in [3.05, 3.63) is 41.2 Å². The Morgan fingerprint density at radius 1 is 1.23 bits per heavy atom. The van der Waals surface area contributed by atoms with E-state index in [0.29, 0.717) is 25.1 Å². The van der Waals surface area contributed by atoms with Crippen LogP contribution in [0.4, 0.5) is 5.69 Å². The van der Waals surface area contributed by atoms with Crippen LogP contribution in [0.1, 0.15) is 30.3 Å². The van der Waals surface area contributed by atoms with E-state index in [4.69, 9.17) is 0 Å². The number of carbonyl (C=O) groups excluding carboxylic acids is 1. The van der Waals surface area contributed by atoms with E-state index >= 15 is 0 Å². The minimum absolute atomic E-state index is 0.111. The van der Waals surface area contributed by atoms with Crippen molar-refractivity contribution in [2.75, 3.05) is 18.9 Å². The summed E-state index contributed by atoms with van der Waals surface area (Å²) in [6.07, 6.45) is 0.974. The topological polar surface area (TPSA) is 84.3 Å². The number of carbonyl (C=O) groups is 1. The lowest BCUT2D eigenvalue weighted by Crippen LogP contribution is -2.29. The van der Waals surface area contributed by atoms with Crippen molar-refractivity contribution in [2.24, 2.45) is 7.05 Å². The normalized spacial score (nSPS) is 11.8. The summed E-state index contributed by atoms with van der Waals surface area (Å²) < 4.78 is 28.6. The summed E-state index contributed by atoms with van der Waals surface area (Å²) in [4.78, 5) is 11.6. The number of aryl methyl sites for hydroxylation is 2. The molecule has 0 bridgehead atoms. The van der Waals surface area contributed by atoms with Gasteiger partial charge in [0.2, 0.25) is 15.9 Å². The second-order valence-electron chi connectivity index (χ2n) is 6.28. The number of rotatable bonds is 7. The first-order chi connectivity index (χ1) is 12.2. The number of nitrogens with zero attached hydrogens (tertiary/aromatic N) is 3. The van der Waals surface area contributed by atoms with Gasteiger partial charge in [-0.15, -0.1) is 0 Å². The Kier molecular flexibility index (Phi) is 6.20.